The second-order valence-electron chi connectivity index (χ2n) is 3.29. The highest BCUT2D eigenvalue weighted by atomic mass is 35.5. The van der Waals surface area contributed by atoms with Gasteiger partial charge in [-0.25, -0.2) is 9.78 Å². The van der Waals surface area contributed by atoms with Gasteiger partial charge in [0.15, 0.2) is 0 Å². The van der Waals surface area contributed by atoms with Crippen LogP contribution in [0.2, 0.25) is 5.02 Å². The summed E-state index contributed by atoms with van der Waals surface area (Å²) < 4.78 is 0. The number of carboxylic acids is 1. The maximum absolute atomic E-state index is 11.5. The molecule has 0 aliphatic heterocycles. The predicted octanol–water partition coefficient (Wildman–Crippen LogP) is 1.79. The number of nitrogens with zero attached hydrogens (tertiary/aromatic N) is 1. The van der Waals surface area contributed by atoms with Gasteiger partial charge in [-0.05, 0) is 12.1 Å². The molecule has 2 aromatic rings. The third kappa shape index (κ3) is 2.19. The Morgan fingerprint density at radius 1 is 1.35 bits per heavy atom. The Morgan fingerprint density at radius 3 is 2.71 bits per heavy atom. The summed E-state index contributed by atoms with van der Waals surface area (Å²) in [5.74, 6) is -1.07. The molecule has 0 radical (unpaired) electrons. The fraction of sp³-hybridized carbons (Fsp3) is 0. The Labute approximate surface area is 101 Å². The average Bonchev–Trinajstić information content (AvgIpc) is 2.30. The number of rotatable bonds is 2. The lowest BCUT2D eigenvalue weighted by molar-refractivity contribution is 0.0697. The maximum Gasteiger partial charge on any atom is 0.335 e. The van der Waals surface area contributed by atoms with Crippen LogP contribution in [-0.4, -0.2) is 21.0 Å². The van der Waals surface area contributed by atoms with Crippen LogP contribution in [0.15, 0.2) is 35.5 Å². The molecule has 0 saturated heterocycles. The molecule has 0 aliphatic rings. The van der Waals surface area contributed by atoms with Crippen LogP contribution in [0.3, 0.4) is 0 Å². The van der Waals surface area contributed by atoms with Crippen molar-refractivity contribution in [1.29, 1.82) is 0 Å². The number of aromatic nitrogens is 2. The van der Waals surface area contributed by atoms with Gasteiger partial charge in [-0.2, -0.15) is 0 Å². The molecule has 1 heterocycles. The highest BCUT2D eigenvalue weighted by Gasteiger charge is 2.10. The summed E-state index contributed by atoms with van der Waals surface area (Å²) in [7, 11) is 0. The number of aromatic amines is 1. The molecule has 0 spiro atoms. The van der Waals surface area contributed by atoms with Gasteiger partial charge in [0.25, 0.3) is 5.56 Å². The van der Waals surface area contributed by atoms with Crippen LogP contribution in [0.25, 0.3) is 11.1 Å². The molecular formula is C11H7ClN2O3. The molecule has 0 unspecified atom stereocenters. The summed E-state index contributed by atoms with van der Waals surface area (Å²) >= 11 is 5.94. The molecule has 0 amide bonds. The summed E-state index contributed by atoms with van der Waals surface area (Å²) in [6, 6.07) is 4.17. The number of hydrogen-bond donors (Lipinski definition) is 2. The minimum absolute atomic E-state index is 0.0686. The first-order valence-corrected chi connectivity index (χ1v) is 5.03. The SMILES string of the molecule is O=C(O)c1ccc(-c2cnc[nH]c2=O)c(Cl)c1. The number of carboxylic acid groups (broad SMARTS) is 1. The monoisotopic (exact) mass is 250 g/mol. The van der Waals surface area contributed by atoms with E-state index in [1.165, 1.54) is 30.7 Å². The van der Waals surface area contributed by atoms with Crippen molar-refractivity contribution >= 4 is 17.6 Å². The first-order chi connectivity index (χ1) is 8.09. The van der Waals surface area contributed by atoms with Gasteiger partial charge in [0.1, 0.15) is 0 Å². The van der Waals surface area contributed by atoms with Crippen molar-refractivity contribution < 1.29 is 9.90 Å². The van der Waals surface area contributed by atoms with E-state index in [1.807, 2.05) is 0 Å². The molecule has 2 N–H and O–H groups in total. The molecule has 1 aromatic heterocycles. The van der Waals surface area contributed by atoms with Crippen LogP contribution in [0.1, 0.15) is 10.4 Å². The van der Waals surface area contributed by atoms with Crippen molar-refractivity contribution in [2.75, 3.05) is 0 Å². The quantitative estimate of drug-likeness (QED) is 0.851. The van der Waals surface area contributed by atoms with Crippen molar-refractivity contribution in [2.45, 2.75) is 0 Å². The van der Waals surface area contributed by atoms with Crippen molar-refractivity contribution in [1.82, 2.24) is 9.97 Å². The fourth-order valence-corrected chi connectivity index (χ4v) is 1.68. The standard InChI is InChI=1S/C11H7ClN2O3/c12-9-3-6(11(16)17)1-2-7(9)8-4-13-5-14-10(8)15/h1-5H,(H,16,17)(H,13,14,15). The van der Waals surface area contributed by atoms with Gasteiger partial charge in [-0.1, -0.05) is 17.7 Å². The van der Waals surface area contributed by atoms with Crippen molar-refractivity contribution in [3.63, 3.8) is 0 Å². The van der Waals surface area contributed by atoms with E-state index in [1.54, 1.807) is 0 Å². The minimum Gasteiger partial charge on any atom is -0.478 e. The Morgan fingerprint density at radius 2 is 2.12 bits per heavy atom. The zero-order valence-corrected chi connectivity index (χ0v) is 9.23. The molecule has 0 saturated carbocycles. The Hall–Kier alpha value is -2.14. The van der Waals surface area contributed by atoms with Crippen LogP contribution < -0.4 is 5.56 Å². The van der Waals surface area contributed by atoms with E-state index in [-0.39, 0.29) is 16.1 Å². The summed E-state index contributed by atoms with van der Waals surface area (Å²) in [6.45, 7) is 0. The van der Waals surface area contributed by atoms with Crippen molar-refractivity contribution in [3.8, 4) is 11.1 Å². The van der Waals surface area contributed by atoms with Crippen LogP contribution in [0, 0.1) is 0 Å². The van der Waals surface area contributed by atoms with E-state index < -0.39 is 5.97 Å². The van der Waals surface area contributed by atoms with E-state index in [4.69, 9.17) is 16.7 Å². The second kappa shape index (κ2) is 4.39. The molecule has 17 heavy (non-hydrogen) atoms. The molecule has 0 atom stereocenters. The molecule has 0 fully saturated rings. The Balaban J connectivity index is 2.59. The Kier molecular flexibility index (Phi) is 2.93. The van der Waals surface area contributed by atoms with Gasteiger partial charge in [0, 0.05) is 16.8 Å². The normalized spacial score (nSPS) is 10.2. The second-order valence-corrected chi connectivity index (χ2v) is 3.70. The van der Waals surface area contributed by atoms with E-state index in [0.29, 0.717) is 11.1 Å². The number of H-pyrrole nitrogens is 1. The number of halogens is 1. The summed E-state index contributed by atoms with van der Waals surface area (Å²) in [4.78, 5) is 28.5. The lowest BCUT2D eigenvalue weighted by Crippen LogP contribution is -2.08. The average molecular weight is 251 g/mol. The van der Waals surface area contributed by atoms with E-state index in [9.17, 15) is 9.59 Å². The molecule has 6 heteroatoms. The van der Waals surface area contributed by atoms with Gasteiger partial charge >= 0.3 is 5.97 Å². The minimum atomic E-state index is -1.07. The first kappa shape index (κ1) is 11.3. The zero-order valence-electron chi connectivity index (χ0n) is 8.48. The summed E-state index contributed by atoms with van der Waals surface area (Å²) in [5.41, 5.74) is 0.490. The molecule has 1 aromatic carbocycles. The highest BCUT2D eigenvalue weighted by Crippen LogP contribution is 2.25. The van der Waals surface area contributed by atoms with Gasteiger partial charge in [0.05, 0.1) is 17.5 Å². The van der Waals surface area contributed by atoms with Crippen LogP contribution in [0.5, 0.6) is 0 Å². The Bertz CT molecular complexity index is 637. The maximum atomic E-state index is 11.5. The first-order valence-electron chi connectivity index (χ1n) is 4.65. The van der Waals surface area contributed by atoms with Gasteiger partial charge < -0.3 is 10.1 Å². The topological polar surface area (TPSA) is 83.0 Å². The molecule has 2 rings (SSSR count). The van der Waals surface area contributed by atoms with E-state index in [0.717, 1.165) is 0 Å². The summed E-state index contributed by atoms with van der Waals surface area (Å²) in [5, 5.41) is 8.98. The van der Waals surface area contributed by atoms with Crippen LogP contribution >= 0.6 is 11.6 Å². The third-order valence-electron chi connectivity index (χ3n) is 2.22. The largest absolute Gasteiger partial charge is 0.478 e. The number of carbonyl (C=O) groups is 1. The van der Waals surface area contributed by atoms with E-state index in [2.05, 4.69) is 9.97 Å². The summed E-state index contributed by atoms with van der Waals surface area (Å²) in [6.07, 6.45) is 2.64. The van der Waals surface area contributed by atoms with Crippen LogP contribution in [-0.2, 0) is 0 Å². The molecule has 0 bridgehead atoms. The van der Waals surface area contributed by atoms with Crippen LogP contribution in [0.4, 0.5) is 0 Å². The smallest absolute Gasteiger partial charge is 0.335 e. The van der Waals surface area contributed by atoms with Crippen molar-refractivity contribution in [2.24, 2.45) is 0 Å². The molecule has 86 valence electrons. The third-order valence-corrected chi connectivity index (χ3v) is 2.54. The van der Waals surface area contributed by atoms with Gasteiger partial charge in [-0.15, -0.1) is 0 Å². The predicted molar refractivity (Wildman–Crippen MR) is 62.3 cm³/mol. The zero-order chi connectivity index (χ0) is 12.4. The molecule has 0 aliphatic carbocycles. The van der Waals surface area contributed by atoms with Gasteiger partial charge in [-0.3, -0.25) is 4.79 Å². The lowest BCUT2D eigenvalue weighted by Gasteiger charge is -2.03. The fourth-order valence-electron chi connectivity index (χ4n) is 1.40. The lowest BCUT2D eigenvalue weighted by atomic mass is 10.1. The number of hydrogen-bond acceptors (Lipinski definition) is 3. The highest BCUT2D eigenvalue weighted by molar-refractivity contribution is 6.33. The number of aromatic carboxylic acids is 1. The van der Waals surface area contributed by atoms with Gasteiger partial charge in [0.2, 0.25) is 0 Å². The number of nitrogens with one attached hydrogen (secondary N) is 1. The molecule has 5 nitrogen and oxygen atoms in total. The van der Waals surface area contributed by atoms with Crippen molar-refractivity contribution in [3.05, 3.63) is 51.7 Å². The number of benzene rings is 1. The van der Waals surface area contributed by atoms with E-state index >= 15 is 0 Å². The molecular weight excluding hydrogens is 244 g/mol.